The number of aryl methyl sites for hydroxylation is 1. The van der Waals surface area contributed by atoms with Crippen molar-refractivity contribution >= 4 is 39.1 Å². The molecule has 1 saturated carbocycles. The van der Waals surface area contributed by atoms with E-state index in [0.717, 1.165) is 39.2 Å². The van der Waals surface area contributed by atoms with Gasteiger partial charge in [0.2, 0.25) is 5.91 Å². The molecule has 3 N–H and O–H groups in total. The lowest BCUT2D eigenvalue weighted by molar-refractivity contribution is -0.117. The lowest BCUT2D eigenvalue weighted by Gasteiger charge is -2.10. The van der Waals surface area contributed by atoms with Crippen LogP contribution in [0, 0.1) is 11.8 Å². The minimum absolute atomic E-state index is 0.0433. The molecule has 0 spiro atoms. The molecular formula is C22H21N5O. The SMILES string of the molecule is C[C@@H]1C[C@H]1C(=O)Nc1cc2cc(-c3cncc4c3ccn4C)cc(N)c2cn1. The summed E-state index contributed by atoms with van der Waals surface area (Å²) < 4.78 is 2.05. The highest BCUT2D eigenvalue weighted by atomic mass is 16.2. The van der Waals surface area contributed by atoms with Crippen LogP contribution in [0.15, 0.2) is 49.1 Å². The quantitative estimate of drug-likeness (QED) is 0.534. The Balaban J connectivity index is 1.59. The maximum absolute atomic E-state index is 12.2. The second-order valence-corrected chi connectivity index (χ2v) is 7.71. The molecule has 28 heavy (non-hydrogen) atoms. The summed E-state index contributed by atoms with van der Waals surface area (Å²) in [7, 11) is 2.00. The van der Waals surface area contributed by atoms with Crippen LogP contribution in [0.1, 0.15) is 13.3 Å². The largest absolute Gasteiger partial charge is 0.398 e. The van der Waals surface area contributed by atoms with E-state index in [0.29, 0.717) is 17.4 Å². The molecule has 3 aromatic heterocycles. The number of pyridine rings is 2. The van der Waals surface area contributed by atoms with Crippen molar-refractivity contribution in [1.29, 1.82) is 0 Å². The lowest BCUT2D eigenvalue weighted by atomic mass is 10.00. The molecule has 0 radical (unpaired) electrons. The van der Waals surface area contributed by atoms with Gasteiger partial charge in [0.15, 0.2) is 0 Å². The first-order valence-corrected chi connectivity index (χ1v) is 9.41. The molecule has 1 aliphatic carbocycles. The van der Waals surface area contributed by atoms with E-state index in [-0.39, 0.29) is 11.8 Å². The van der Waals surface area contributed by atoms with Gasteiger partial charge < -0.3 is 15.6 Å². The Kier molecular flexibility index (Phi) is 3.62. The first-order chi connectivity index (χ1) is 13.5. The Morgan fingerprint density at radius 1 is 1.21 bits per heavy atom. The normalized spacial score (nSPS) is 18.5. The number of carbonyl (C=O) groups excluding carboxylic acids is 1. The number of hydrogen-bond donors (Lipinski definition) is 2. The van der Waals surface area contributed by atoms with Gasteiger partial charge in [-0.15, -0.1) is 0 Å². The van der Waals surface area contributed by atoms with Crippen LogP contribution < -0.4 is 11.1 Å². The van der Waals surface area contributed by atoms with Crippen LogP contribution in [0.4, 0.5) is 11.5 Å². The summed E-state index contributed by atoms with van der Waals surface area (Å²) >= 11 is 0. The van der Waals surface area contributed by atoms with Crippen LogP contribution in [0.3, 0.4) is 0 Å². The van der Waals surface area contributed by atoms with Gasteiger partial charge in [0.05, 0.1) is 11.7 Å². The van der Waals surface area contributed by atoms with E-state index in [1.54, 1.807) is 6.20 Å². The lowest BCUT2D eigenvalue weighted by Crippen LogP contribution is -2.15. The fraction of sp³-hybridized carbons (Fsp3) is 0.227. The average molecular weight is 371 g/mol. The molecule has 3 heterocycles. The predicted molar refractivity (Wildman–Crippen MR) is 112 cm³/mol. The minimum Gasteiger partial charge on any atom is -0.398 e. The molecule has 0 saturated heterocycles. The van der Waals surface area contributed by atoms with Crippen LogP contribution >= 0.6 is 0 Å². The summed E-state index contributed by atoms with van der Waals surface area (Å²) in [5, 5.41) is 5.87. The second kappa shape index (κ2) is 6.05. The number of anilines is 2. The zero-order valence-corrected chi connectivity index (χ0v) is 15.8. The van der Waals surface area contributed by atoms with Gasteiger partial charge in [-0.3, -0.25) is 9.78 Å². The van der Waals surface area contributed by atoms with E-state index in [1.165, 1.54) is 0 Å². The monoisotopic (exact) mass is 371 g/mol. The average Bonchev–Trinajstić information content (AvgIpc) is 3.30. The highest BCUT2D eigenvalue weighted by molar-refractivity contribution is 6.03. The molecule has 6 nitrogen and oxygen atoms in total. The molecular weight excluding hydrogens is 350 g/mol. The Bertz CT molecular complexity index is 1240. The number of nitrogens with one attached hydrogen (secondary N) is 1. The molecule has 6 heteroatoms. The number of nitrogens with zero attached hydrogens (tertiary/aromatic N) is 3. The van der Waals surface area contributed by atoms with Crippen LogP contribution in [0.2, 0.25) is 0 Å². The van der Waals surface area contributed by atoms with Crippen LogP contribution in [0.5, 0.6) is 0 Å². The fourth-order valence-corrected chi connectivity index (χ4v) is 3.83. The predicted octanol–water partition coefficient (Wildman–Crippen LogP) is 3.97. The maximum Gasteiger partial charge on any atom is 0.228 e. The summed E-state index contributed by atoms with van der Waals surface area (Å²) in [6.45, 7) is 2.09. The molecule has 4 aromatic rings. The molecule has 1 amide bonds. The van der Waals surface area contributed by atoms with Gasteiger partial charge in [-0.1, -0.05) is 6.92 Å². The molecule has 2 atom stereocenters. The first-order valence-electron chi connectivity index (χ1n) is 9.41. The van der Waals surface area contributed by atoms with Crippen molar-refractivity contribution in [3.05, 3.63) is 49.1 Å². The first kappa shape index (κ1) is 16.7. The summed E-state index contributed by atoms with van der Waals surface area (Å²) in [4.78, 5) is 21.0. The molecule has 0 unspecified atom stereocenters. The number of amides is 1. The van der Waals surface area contributed by atoms with Crippen LogP contribution in [0.25, 0.3) is 32.8 Å². The van der Waals surface area contributed by atoms with Crippen molar-refractivity contribution in [3.63, 3.8) is 0 Å². The molecule has 1 aromatic carbocycles. The van der Waals surface area contributed by atoms with Gasteiger partial charge in [0.25, 0.3) is 0 Å². The van der Waals surface area contributed by atoms with Gasteiger partial charge in [0.1, 0.15) is 5.82 Å². The Labute approximate surface area is 162 Å². The van der Waals surface area contributed by atoms with Gasteiger partial charge in [0, 0.05) is 53.6 Å². The van der Waals surface area contributed by atoms with E-state index >= 15 is 0 Å². The Morgan fingerprint density at radius 2 is 2.04 bits per heavy atom. The molecule has 140 valence electrons. The number of hydrogen-bond acceptors (Lipinski definition) is 4. The van der Waals surface area contributed by atoms with Crippen molar-refractivity contribution in [3.8, 4) is 11.1 Å². The van der Waals surface area contributed by atoms with Crippen molar-refractivity contribution in [1.82, 2.24) is 14.5 Å². The van der Waals surface area contributed by atoms with Crippen molar-refractivity contribution in [2.75, 3.05) is 11.1 Å². The zero-order chi connectivity index (χ0) is 19.4. The number of fused-ring (bicyclic) bond motifs is 2. The van der Waals surface area contributed by atoms with E-state index < -0.39 is 0 Å². The summed E-state index contributed by atoms with van der Waals surface area (Å²) in [6, 6.07) is 8.00. The number of carbonyl (C=O) groups is 1. The van der Waals surface area contributed by atoms with Crippen molar-refractivity contribution in [2.24, 2.45) is 18.9 Å². The number of benzene rings is 1. The highest BCUT2D eigenvalue weighted by Crippen LogP contribution is 2.39. The summed E-state index contributed by atoms with van der Waals surface area (Å²) in [5.74, 6) is 1.17. The number of aromatic nitrogens is 3. The third kappa shape index (κ3) is 2.69. The molecule has 1 aliphatic rings. The third-order valence-corrected chi connectivity index (χ3v) is 5.69. The molecule has 0 aliphatic heterocycles. The fourth-order valence-electron chi connectivity index (χ4n) is 3.83. The summed E-state index contributed by atoms with van der Waals surface area (Å²) in [6.07, 6.45) is 8.42. The molecule has 0 bridgehead atoms. The van der Waals surface area contributed by atoms with E-state index in [9.17, 15) is 4.79 Å². The Morgan fingerprint density at radius 3 is 2.82 bits per heavy atom. The maximum atomic E-state index is 12.2. The highest BCUT2D eigenvalue weighted by Gasteiger charge is 2.39. The smallest absolute Gasteiger partial charge is 0.228 e. The Hall–Kier alpha value is -3.41. The van der Waals surface area contributed by atoms with Crippen molar-refractivity contribution in [2.45, 2.75) is 13.3 Å². The van der Waals surface area contributed by atoms with Crippen LogP contribution in [-0.2, 0) is 11.8 Å². The van der Waals surface area contributed by atoms with Crippen molar-refractivity contribution < 1.29 is 4.79 Å². The number of nitrogen functional groups attached to an aromatic ring is 1. The topological polar surface area (TPSA) is 85.8 Å². The van der Waals surface area contributed by atoms with E-state index in [1.807, 2.05) is 42.3 Å². The standard InChI is InChI=1S/C22H21N5O/c1-12-5-16(12)22(28)26-21-8-14-6-13(7-19(23)18(14)10-25-21)17-9-24-11-20-15(17)3-4-27(20)2/h3-4,6-12,16H,5,23H2,1-2H3,(H,25,26,28)/t12-,16-/m1/s1. The molecule has 1 fully saturated rings. The van der Waals surface area contributed by atoms with Gasteiger partial charge in [-0.05, 0) is 47.6 Å². The third-order valence-electron chi connectivity index (χ3n) is 5.69. The molecule has 5 rings (SSSR count). The summed E-state index contributed by atoms with van der Waals surface area (Å²) in [5.41, 5.74) is 10.1. The van der Waals surface area contributed by atoms with Crippen LogP contribution in [-0.4, -0.2) is 20.4 Å². The van der Waals surface area contributed by atoms with E-state index in [4.69, 9.17) is 5.73 Å². The van der Waals surface area contributed by atoms with Gasteiger partial charge >= 0.3 is 0 Å². The van der Waals surface area contributed by atoms with Gasteiger partial charge in [-0.2, -0.15) is 0 Å². The number of nitrogens with two attached hydrogens (primary N) is 1. The van der Waals surface area contributed by atoms with E-state index in [2.05, 4.69) is 34.3 Å². The second-order valence-electron chi connectivity index (χ2n) is 7.71. The number of rotatable bonds is 3. The minimum atomic E-state index is 0.0433. The zero-order valence-electron chi connectivity index (χ0n) is 15.8. The van der Waals surface area contributed by atoms with Gasteiger partial charge in [-0.25, -0.2) is 4.98 Å².